The molecule has 2 aromatic heterocycles. The molecule has 0 saturated heterocycles. The zero-order chi connectivity index (χ0) is 15.8. The molecule has 0 radical (unpaired) electrons. The highest BCUT2D eigenvalue weighted by Crippen LogP contribution is 2.38. The summed E-state index contributed by atoms with van der Waals surface area (Å²) in [5.74, 6) is 2.81. The van der Waals surface area contributed by atoms with E-state index < -0.39 is 0 Å². The Bertz CT molecular complexity index is 935. The summed E-state index contributed by atoms with van der Waals surface area (Å²) in [6, 6.07) is 11.7. The fourth-order valence-electron chi connectivity index (χ4n) is 2.36. The first kappa shape index (κ1) is 14.6. The Balaban J connectivity index is 1.62. The summed E-state index contributed by atoms with van der Waals surface area (Å²) >= 11 is 8.76. The van der Waals surface area contributed by atoms with E-state index in [0.717, 1.165) is 34.5 Å². The quantitative estimate of drug-likeness (QED) is 0.519. The van der Waals surface area contributed by atoms with Crippen LogP contribution in [0.1, 0.15) is 30.3 Å². The van der Waals surface area contributed by atoms with Gasteiger partial charge in [-0.3, -0.25) is 5.10 Å². The first-order valence-electron chi connectivity index (χ1n) is 7.29. The lowest BCUT2D eigenvalue weighted by Crippen LogP contribution is -1.96. The molecule has 1 aliphatic carbocycles. The van der Waals surface area contributed by atoms with Crippen LogP contribution in [0.5, 0.6) is 0 Å². The lowest BCUT2D eigenvalue weighted by Gasteiger charge is -1.99. The van der Waals surface area contributed by atoms with E-state index in [4.69, 9.17) is 16.6 Å². The first-order chi connectivity index (χ1) is 11.2. The molecule has 1 fully saturated rings. The number of hydrogen-bond acceptors (Lipinski definition) is 4. The van der Waals surface area contributed by atoms with Crippen LogP contribution in [0.15, 0.2) is 50.4 Å². The van der Waals surface area contributed by atoms with Crippen molar-refractivity contribution in [2.45, 2.75) is 18.8 Å². The van der Waals surface area contributed by atoms with Crippen molar-refractivity contribution in [2.24, 2.45) is 5.10 Å². The molecule has 23 heavy (non-hydrogen) atoms. The monoisotopic (exact) mass is 388 g/mol. The van der Waals surface area contributed by atoms with Gasteiger partial charge in [0, 0.05) is 16.0 Å². The van der Waals surface area contributed by atoms with Crippen LogP contribution in [0.4, 0.5) is 0 Å². The van der Waals surface area contributed by atoms with Crippen LogP contribution in [-0.4, -0.2) is 21.1 Å². The predicted molar refractivity (Wildman–Crippen MR) is 94.2 cm³/mol. The van der Waals surface area contributed by atoms with Crippen molar-refractivity contribution in [3.63, 3.8) is 0 Å². The fraction of sp³-hybridized carbons (Fsp3) is 0.188. The first-order valence-corrected chi connectivity index (χ1v) is 8.49. The van der Waals surface area contributed by atoms with Gasteiger partial charge in [0.15, 0.2) is 5.82 Å². The highest BCUT2D eigenvalue weighted by Gasteiger charge is 2.29. The van der Waals surface area contributed by atoms with Crippen LogP contribution < -0.4 is 0 Å². The average Bonchev–Trinajstić information content (AvgIpc) is 3.17. The van der Waals surface area contributed by atoms with Crippen molar-refractivity contribution >= 4 is 34.4 Å². The van der Waals surface area contributed by atoms with Gasteiger partial charge in [0.05, 0.1) is 6.21 Å². The molecule has 0 aliphatic heterocycles. The minimum atomic E-state index is 0.465. The van der Waals surface area contributed by atoms with Crippen molar-refractivity contribution < 1.29 is 4.42 Å². The molecule has 1 saturated carbocycles. The second-order valence-electron chi connectivity index (χ2n) is 5.40. The molecule has 0 bridgehead atoms. The summed E-state index contributed by atoms with van der Waals surface area (Å²) in [4.78, 5) is 0. The summed E-state index contributed by atoms with van der Waals surface area (Å²) in [7, 11) is 0. The maximum Gasteiger partial charge on any atom is 0.216 e. The molecular weight excluding hydrogens is 376 g/mol. The summed E-state index contributed by atoms with van der Waals surface area (Å²) in [6.07, 6.45) is 3.95. The predicted octanol–water partition coefficient (Wildman–Crippen LogP) is 4.72. The number of rotatable bonds is 4. The van der Waals surface area contributed by atoms with Crippen molar-refractivity contribution in [1.29, 1.82) is 0 Å². The number of furan rings is 1. The van der Waals surface area contributed by atoms with E-state index in [0.29, 0.717) is 16.4 Å². The van der Waals surface area contributed by atoms with Crippen molar-refractivity contribution in [3.05, 3.63) is 57.2 Å². The summed E-state index contributed by atoms with van der Waals surface area (Å²) in [6.45, 7) is 0. The second kappa shape index (κ2) is 5.90. The van der Waals surface area contributed by atoms with Crippen LogP contribution in [0.25, 0.3) is 11.3 Å². The third-order valence-corrected chi connectivity index (χ3v) is 4.64. The second-order valence-corrected chi connectivity index (χ2v) is 6.64. The van der Waals surface area contributed by atoms with Crippen LogP contribution in [-0.2, 0) is 0 Å². The van der Waals surface area contributed by atoms with E-state index in [1.54, 1.807) is 10.9 Å². The number of aromatic amines is 1. The SMILES string of the molecule is S=c1[nH]nc(C2CC2)n1/N=C\c1ccc(-c2ccccc2Br)o1. The molecule has 116 valence electrons. The molecule has 0 unspecified atom stereocenters. The van der Waals surface area contributed by atoms with Gasteiger partial charge in [0.1, 0.15) is 11.5 Å². The Hall–Kier alpha value is -1.99. The highest BCUT2D eigenvalue weighted by atomic mass is 79.9. The normalized spacial score (nSPS) is 14.7. The van der Waals surface area contributed by atoms with Crippen molar-refractivity contribution in [1.82, 2.24) is 14.9 Å². The Morgan fingerprint density at radius 3 is 2.91 bits per heavy atom. The Morgan fingerprint density at radius 1 is 1.30 bits per heavy atom. The zero-order valence-electron chi connectivity index (χ0n) is 12.1. The van der Waals surface area contributed by atoms with E-state index in [9.17, 15) is 0 Å². The smallest absolute Gasteiger partial charge is 0.216 e. The van der Waals surface area contributed by atoms with Crippen LogP contribution in [0.3, 0.4) is 0 Å². The summed E-state index contributed by atoms with van der Waals surface area (Å²) in [5.41, 5.74) is 1.01. The van der Waals surface area contributed by atoms with Gasteiger partial charge in [-0.05, 0) is 43.3 Å². The number of benzene rings is 1. The highest BCUT2D eigenvalue weighted by molar-refractivity contribution is 9.10. The number of halogens is 1. The standard InChI is InChI=1S/C16H13BrN4OS/c17-13-4-2-1-3-12(13)14-8-7-11(22-14)9-18-21-15(10-5-6-10)19-20-16(21)23/h1-4,7-10H,5-6H2,(H,20,23)/b18-9-. The fourth-order valence-corrected chi connectivity index (χ4v) is 3.03. The van der Waals surface area contributed by atoms with Gasteiger partial charge in [0.2, 0.25) is 4.77 Å². The molecule has 1 aromatic carbocycles. The summed E-state index contributed by atoms with van der Waals surface area (Å²) in [5, 5.41) is 11.5. The minimum Gasteiger partial charge on any atom is -0.455 e. The molecule has 1 N–H and O–H groups in total. The van der Waals surface area contributed by atoms with Gasteiger partial charge in [-0.2, -0.15) is 14.9 Å². The lowest BCUT2D eigenvalue weighted by molar-refractivity contribution is 0.573. The van der Waals surface area contributed by atoms with E-state index >= 15 is 0 Å². The largest absolute Gasteiger partial charge is 0.455 e. The maximum absolute atomic E-state index is 5.85. The Labute approximate surface area is 146 Å². The molecule has 0 atom stereocenters. The maximum atomic E-state index is 5.85. The lowest BCUT2D eigenvalue weighted by atomic mass is 10.2. The van der Waals surface area contributed by atoms with E-state index in [1.165, 1.54) is 0 Å². The van der Waals surface area contributed by atoms with Crippen molar-refractivity contribution in [2.75, 3.05) is 0 Å². The molecule has 1 aliphatic rings. The molecule has 2 heterocycles. The zero-order valence-corrected chi connectivity index (χ0v) is 14.5. The number of nitrogens with zero attached hydrogens (tertiary/aromatic N) is 3. The number of hydrogen-bond donors (Lipinski definition) is 1. The minimum absolute atomic E-state index is 0.465. The van der Waals surface area contributed by atoms with E-state index in [-0.39, 0.29) is 0 Å². The van der Waals surface area contributed by atoms with Crippen molar-refractivity contribution in [3.8, 4) is 11.3 Å². The van der Waals surface area contributed by atoms with Gasteiger partial charge < -0.3 is 4.42 Å². The third-order valence-electron chi connectivity index (χ3n) is 3.68. The Morgan fingerprint density at radius 2 is 2.13 bits per heavy atom. The van der Waals surface area contributed by atoms with Gasteiger partial charge in [0.25, 0.3) is 0 Å². The van der Waals surface area contributed by atoms with Gasteiger partial charge >= 0.3 is 0 Å². The number of nitrogens with one attached hydrogen (secondary N) is 1. The molecule has 7 heteroatoms. The number of H-pyrrole nitrogens is 1. The van der Waals surface area contributed by atoms with Gasteiger partial charge in [-0.25, -0.2) is 0 Å². The van der Waals surface area contributed by atoms with E-state index in [2.05, 4.69) is 31.2 Å². The molecule has 5 nitrogen and oxygen atoms in total. The average molecular weight is 389 g/mol. The molecule has 0 amide bonds. The topological polar surface area (TPSA) is 59.1 Å². The van der Waals surface area contributed by atoms with Gasteiger partial charge in [-0.15, -0.1) is 0 Å². The molecule has 3 aromatic rings. The van der Waals surface area contributed by atoms with Crippen LogP contribution in [0.2, 0.25) is 0 Å². The van der Waals surface area contributed by atoms with Crippen LogP contribution >= 0.6 is 28.1 Å². The Kier molecular flexibility index (Phi) is 3.74. The molecule has 0 spiro atoms. The summed E-state index contributed by atoms with van der Waals surface area (Å²) < 4.78 is 9.01. The molecule has 4 rings (SSSR count). The van der Waals surface area contributed by atoms with Gasteiger partial charge in [-0.1, -0.05) is 34.1 Å². The van der Waals surface area contributed by atoms with Crippen LogP contribution in [0, 0.1) is 4.77 Å². The molecular formula is C16H13BrN4OS. The number of aromatic nitrogens is 3. The third kappa shape index (κ3) is 2.94. The van der Waals surface area contributed by atoms with E-state index in [1.807, 2.05) is 36.4 Å².